The lowest BCUT2D eigenvalue weighted by atomic mass is 10.2. The first-order chi connectivity index (χ1) is 9.08. The summed E-state index contributed by atoms with van der Waals surface area (Å²) in [6.07, 6.45) is 0.491. The van der Waals surface area contributed by atoms with Crippen LogP contribution in [-0.4, -0.2) is 10.5 Å². The van der Waals surface area contributed by atoms with E-state index < -0.39 is 0 Å². The smallest absolute Gasteiger partial charge is 0.226 e. The third-order valence-corrected chi connectivity index (χ3v) is 3.40. The zero-order valence-corrected chi connectivity index (χ0v) is 11.7. The molecule has 0 saturated heterocycles. The van der Waals surface area contributed by atoms with Crippen LogP contribution in [0.2, 0.25) is 0 Å². The first-order valence-electron chi connectivity index (χ1n) is 6.56. The van der Waals surface area contributed by atoms with E-state index in [0.717, 1.165) is 17.8 Å². The van der Waals surface area contributed by atoms with Crippen LogP contribution in [0.25, 0.3) is 0 Å². The summed E-state index contributed by atoms with van der Waals surface area (Å²) in [4.78, 5) is 12.0. The van der Waals surface area contributed by atoms with Crippen LogP contribution in [0.5, 0.6) is 0 Å². The third-order valence-electron chi connectivity index (χ3n) is 3.40. The maximum atomic E-state index is 12.0. The number of nitrogens with zero attached hydrogens (tertiary/aromatic N) is 1. The van der Waals surface area contributed by atoms with E-state index in [9.17, 15) is 4.79 Å². The topological polar surface area (TPSA) is 34.0 Å². The fraction of sp³-hybridized carbons (Fsp3) is 0.312. The van der Waals surface area contributed by atoms with Crippen molar-refractivity contribution < 1.29 is 4.79 Å². The van der Waals surface area contributed by atoms with Crippen LogP contribution in [0.1, 0.15) is 23.4 Å². The number of benzene rings is 1. The number of rotatable bonds is 4. The predicted molar refractivity (Wildman–Crippen MR) is 78.3 cm³/mol. The van der Waals surface area contributed by atoms with Gasteiger partial charge in [0.2, 0.25) is 5.91 Å². The molecule has 0 atom stereocenters. The molecule has 0 spiro atoms. The molecule has 0 aliphatic carbocycles. The highest BCUT2D eigenvalue weighted by atomic mass is 16.1. The van der Waals surface area contributed by atoms with E-state index in [2.05, 4.69) is 35.9 Å². The number of carbonyl (C=O) groups excluding carboxylic acids is 1. The molecule has 3 nitrogen and oxygen atoms in total. The van der Waals surface area contributed by atoms with E-state index in [1.165, 1.54) is 11.4 Å². The molecule has 0 fully saturated rings. The van der Waals surface area contributed by atoms with Gasteiger partial charge in [-0.05, 0) is 44.5 Å². The monoisotopic (exact) mass is 256 g/mol. The molecule has 0 unspecified atom stereocenters. The van der Waals surface area contributed by atoms with Crippen molar-refractivity contribution in [3.63, 3.8) is 0 Å². The van der Waals surface area contributed by atoms with Gasteiger partial charge in [0.25, 0.3) is 0 Å². The summed E-state index contributed by atoms with van der Waals surface area (Å²) in [6.45, 7) is 6.84. The average Bonchev–Trinajstić information content (AvgIpc) is 2.70. The number of anilines is 1. The lowest BCUT2D eigenvalue weighted by molar-refractivity contribution is -0.116. The first kappa shape index (κ1) is 13.4. The molecular weight excluding hydrogens is 236 g/mol. The highest BCUT2D eigenvalue weighted by Gasteiger charge is 2.06. The lowest BCUT2D eigenvalue weighted by Gasteiger charge is -2.11. The lowest BCUT2D eigenvalue weighted by Crippen LogP contribution is -2.16. The molecule has 3 heteroatoms. The summed E-state index contributed by atoms with van der Waals surface area (Å²) in [6, 6.07) is 12.0. The molecule has 0 bridgehead atoms. The van der Waals surface area contributed by atoms with Crippen molar-refractivity contribution in [2.45, 2.75) is 33.7 Å². The number of para-hydroxylation sites is 1. The largest absolute Gasteiger partial charge is 0.349 e. The molecule has 0 saturated carbocycles. The van der Waals surface area contributed by atoms with E-state index in [4.69, 9.17) is 0 Å². The standard InChI is InChI=1S/C16H20N2O/c1-12-6-4-5-7-15(12)17-16(19)10-11-18-13(2)8-9-14(18)3/h4-9H,10-11H2,1-3H3,(H,17,19). The Morgan fingerprint density at radius 3 is 2.32 bits per heavy atom. The molecular formula is C16H20N2O. The minimum absolute atomic E-state index is 0.0572. The third kappa shape index (κ3) is 3.25. The molecule has 1 aromatic carbocycles. The van der Waals surface area contributed by atoms with Crippen LogP contribution in [0.15, 0.2) is 36.4 Å². The van der Waals surface area contributed by atoms with E-state index >= 15 is 0 Å². The summed E-state index contributed by atoms with van der Waals surface area (Å²) in [5.41, 5.74) is 4.38. The normalized spacial score (nSPS) is 10.5. The van der Waals surface area contributed by atoms with Gasteiger partial charge in [-0.2, -0.15) is 0 Å². The van der Waals surface area contributed by atoms with Crippen molar-refractivity contribution in [1.82, 2.24) is 4.57 Å². The van der Waals surface area contributed by atoms with Gasteiger partial charge in [0.1, 0.15) is 0 Å². The zero-order valence-electron chi connectivity index (χ0n) is 11.7. The highest BCUT2D eigenvalue weighted by Crippen LogP contribution is 2.14. The van der Waals surface area contributed by atoms with Gasteiger partial charge in [0.15, 0.2) is 0 Å². The second-order valence-electron chi connectivity index (χ2n) is 4.88. The van der Waals surface area contributed by atoms with Crippen LogP contribution in [-0.2, 0) is 11.3 Å². The average molecular weight is 256 g/mol. The van der Waals surface area contributed by atoms with Crippen molar-refractivity contribution >= 4 is 11.6 Å². The number of carbonyl (C=O) groups is 1. The maximum absolute atomic E-state index is 12.0. The zero-order chi connectivity index (χ0) is 13.8. The van der Waals surface area contributed by atoms with Gasteiger partial charge in [-0.3, -0.25) is 4.79 Å². The van der Waals surface area contributed by atoms with E-state index in [0.29, 0.717) is 6.42 Å². The van der Waals surface area contributed by atoms with Gasteiger partial charge >= 0.3 is 0 Å². The summed E-state index contributed by atoms with van der Waals surface area (Å²) in [7, 11) is 0. The fourth-order valence-corrected chi connectivity index (χ4v) is 2.19. The number of hydrogen-bond donors (Lipinski definition) is 1. The van der Waals surface area contributed by atoms with Gasteiger partial charge < -0.3 is 9.88 Å². The van der Waals surface area contributed by atoms with Crippen molar-refractivity contribution in [2.75, 3.05) is 5.32 Å². The van der Waals surface area contributed by atoms with Gasteiger partial charge in [0, 0.05) is 30.0 Å². The summed E-state index contributed by atoms with van der Waals surface area (Å²) in [5.74, 6) is 0.0572. The molecule has 1 heterocycles. The number of aromatic nitrogens is 1. The van der Waals surface area contributed by atoms with Crippen LogP contribution >= 0.6 is 0 Å². The first-order valence-corrected chi connectivity index (χ1v) is 6.56. The Morgan fingerprint density at radius 2 is 1.68 bits per heavy atom. The van der Waals surface area contributed by atoms with Crippen LogP contribution in [0.3, 0.4) is 0 Å². The highest BCUT2D eigenvalue weighted by molar-refractivity contribution is 5.91. The summed E-state index contributed by atoms with van der Waals surface area (Å²) >= 11 is 0. The summed E-state index contributed by atoms with van der Waals surface area (Å²) in [5, 5.41) is 2.96. The second-order valence-corrected chi connectivity index (χ2v) is 4.88. The fourth-order valence-electron chi connectivity index (χ4n) is 2.19. The van der Waals surface area contributed by atoms with E-state index in [1.54, 1.807) is 0 Å². The van der Waals surface area contributed by atoms with Crippen molar-refractivity contribution in [3.05, 3.63) is 53.3 Å². The number of aryl methyl sites for hydroxylation is 3. The molecule has 1 amide bonds. The molecule has 0 aliphatic rings. The Labute approximate surface area is 114 Å². The molecule has 1 N–H and O–H groups in total. The van der Waals surface area contributed by atoms with Crippen LogP contribution in [0, 0.1) is 20.8 Å². The van der Waals surface area contributed by atoms with Crippen LogP contribution < -0.4 is 5.32 Å². The number of amides is 1. The Hall–Kier alpha value is -2.03. The molecule has 2 rings (SSSR count). The van der Waals surface area contributed by atoms with Gasteiger partial charge in [-0.25, -0.2) is 0 Å². The van der Waals surface area contributed by atoms with E-state index in [-0.39, 0.29) is 5.91 Å². The Balaban J connectivity index is 1.94. The van der Waals surface area contributed by atoms with Crippen molar-refractivity contribution in [3.8, 4) is 0 Å². The second kappa shape index (κ2) is 5.74. The minimum Gasteiger partial charge on any atom is -0.349 e. The van der Waals surface area contributed by atoms with Gasteiger partial charge in [-0.15, -0.1) is 0 Å². The predicted octanol–water partition coefficient (Wildman–Crippen LogP) is 3.44. The quantitative estimate of drug-likeness (QED) is 0.893. The summed E-state index contributed by atoms with van der Waals surface area (Å²) < 4.78 is 2.16. The van der Waals surface area contributed by atoms with E-state index in [1.807, 2.05) is 31.2 Å². The molecule has 0 radical (unpaired) electrons. The molecule has 2 aromatic rings. The Morgan fingerprint density at radius 1 is 1.05 bits per heavy atom. The SMILES string of the molecule is Cc1ccccc1NC(=O)CCn1c(C)ccc1C. The molecule has 100 valence electrons. The van der Waals surface area contributed by atoms with Gasteiger partial charge in [-0.1, -0.05) is 18.2 Å². The van der Waals surface area contributed by atoms with Crippen LogP contribution in [0.4, 0.5) is 5.69 Å². The molecule has 1 aromatic heterocycles. The minimum atomic E-state index is 0.0572. The maximum Gasteiger partial charge on any atom is 0.226 e. The van der Waals surface area contributed by atoms with Crippen molar-refractivity contribution in [1.29, 1.82) is 0 Å². The Bertz CT molecular complexity index is 565. The van der Waals surface area contributed by atoms with Crippen molar-refractivity contribution in [2.24, 2.45) is 0 Å². The molecule has 19 heavy (non-hydrogen) atoms. The Kier molecular flexibility index (Phi) is 4.05. The molecule has 0 aliphatic heterocycles. The van der Waals surface area contributed by atoms with Gasteiger partial charge in [0.05, 0.1) is 0 Å². The number of nitrogens with one attached hydrogen (secondary N) is 1. The number of hydrogen-bond acceptors (Lipinski definition) is 1.